The summed E-state index contributed by atoms with van der Waals surface area (Å²) in [7, 11) is 0. The van der Waals surface area contributed by atoms with E-state index in [2.05, 4.69) is 5.32 Å². The maximum absolute atomic E-state index is 10.4. The Balaban J connectivity index is 3.26. The molecule has 0 unspecified atom stereocenters. The van der Waals surface area contributed by atoms with Crippen molar-refractivity contribution in [3.05, 3.63) is 0 Å². The summed E-state index contributed by atoms with van der Waals surface area (Å²) in [5, 5.41) is 2.78. The first-order chi connectivity index (χ1) is 4.16. The van der Waals surface area contributed by atoms with E-state index in [1.165, 1.54) is 6.92 Å². The van der Waals surface area contributed by atoms with Crippen LogP contribution in [0.25, 0.3) is 0 Å². The molecule has 0 aromatic rings. The third kappa shape index (κ3) is 5.69. The van der Waals surface area contributed by atoms with Crippen molar-refractivity contribution >= 4 is 17.7 Å². The van der Waals surface area contributed by atoms with Crippen LogP contribution in [0.1, 0.15) is 13.8 Å². The van der Waals surface area contributed by atoms with Gasteiger partial charge in [0.05, 0.1) is 0 Å². The van der Waals surface area contributed by atoms with Crippen LogP contribution in [0.15, 0.2) is 0 Å². The van der Waals surface area contributed by atoms with E-state index in [9.17, 15) is 4.79 Å². The molecule has 1 atom stereocenters. The van der Waals surface area contributed by atoms with Crippen molar-refractivity contribution in [2.45, 2.75) is 19.9 Å². The number of thioether (sulfide) groups is 1. The van der Waals surface area contributed by atoms with Crippen molar-refractivity contribution in [2.24, 2.45) is 0 Å². The lowest BCUT2D eigenvalue weighted by molar-refractivity contribution is -0.119. The molecule has 3 heteroatoms. The second kappa shape index (κ2) is 4.68. The van der Waals surface area contributed by atoms with E-state index in [0.29, 0.717) is 6.04 Å². The summed E-state index contributed by atoms with van der Waals surface area (Å²) >= 11 is 1.74. The highest BCUT2D eigenvalue weighted by molar-refractivity contribution is 7.98. The van der Waals surface area contributed by atoms with Gasteiger partial charge in [-0.1, -0.05) is 0 Å². The Morgan fingerprint density at radius 2 is 2.33 bits per heavy atom. The lowest BCUT2D eigenvalue weighted by Gasteiger charge is -2.08. The quantitative estimate of drug-likeness (QED) is 0.642. The SMILES string of the molecule is CSC[C@@H](C)NC(C)=O. The lowest BCUT2D eigenvalue weighted by atomic mass is 10.4. The van der Waals surface area contributed by atoms with E-state index in [0.717, 1.165) is 5.75 Å². The van der Waals surface area contributed by atoms with E-state index in [4.69, 9.17) is 0 Å². The maximum atomic E-state index is 10.4. The molecule has 0 fully saturated rings. The number of rotatable bonds is 3. The summed E-state index contributed by atoms with van der Waals surface area (Å²) in [5.74, 6) is 1.04. The molecule has 0 aromatic heterocycles. The van der Waals surface area contributed by atoms with Crippen LogP contribution in [0, 0.1) is 0 Å². The molecule has 54 valence electrons. The van der Waals surface area contributed by atoms with Gasteiger partial charge in [0.1, 0.15) is 0 Å². The Labute approximate surface area is 60.4 Å². The summed E-state index contributed by atoms with van der Waals surface area (Å²) in [4.78, 5) is 10.4. The molecule has 1 N–H and O–H groups in total. The van der Waals surface area contributed by atoms with Crippen LogP contribution in [0.3, 0.4) is 0 Å². The van der Waals surface area contributed by atoms with Crippen LogP contribution < -0.4 is 5.32 Å². The fourth-order valence-corrected chi connectivity index (χ4v) is 1.22. The van der Waals surface area contributed by atoms with Gasteiger partial charge in [-0.2, -0.15) is 11.8 Å². The average Bonchev–Trinajstić information content (AvgIpc) is 1.63. The van der Waals surface area contributed by atoms with Gasteiger partial charge in [0, 0.05) is 18.7 Å². The van der Waals surface area contributed by atoms with E-state index in [-0.39, 0.29) is 5.91 Å². The molecular formula is C6H13NOS. The Kier molecular flexibility index (Phi) is 4.58. The Bertz CT molecular complexity index is 95.1. The molecule has 9 heavy (non-hydrogen) atoms. The van der Waals surface area contributed by atoms with Gasteiger partial charge in [-0.25, -0.2) is 0 Å². The van der Waals surface area contributed by atoms with Gasteiger partial charge < -0.3 is 5.32 Å². The molecule has 1 amide bonds. The first-order valence-corrected chi connectivity index (χ1v) is 4.32. The van der Waals surface area contributed by atoms with Crippen molar-refractivity contribution < 1.29 is 4.79 Å². The van der Waals surface area contributed by atoms with E-state index < -0.39 is 0 Å². The second-order valence-electron chi connectivity index (χ2n) is 2.06. The average molecular weight is 147 g/mol. The molecule has 0 aliphatic heterocycles. The zero-order valence-electron chi connectivity index (χ0n) is 6.10. The van der Waals surface area contributed by atoms with Crippen molar-refractivity contribution in [1.29, 1.82) is 0 Å². The highest BCUT2D eigenvalue weighted by Crippen LogP contribution is 1.94. The predicted octanol–water partition coefficient (Wildman–Crippen LogP) is 0.874. The molecule has 0 bridgehead atoms. The Morgan fingerprint density at radius 3 is 2.67 bits per heavy atom. The van der Waals surface area contributed by atoms with E-state index in [1.54, 1.807) is 11.8 Å². The van der Waals surface area contributed by atoms with Gasteiger partial charge in [0.25, 0.3) is 0 Å². The largest absolute Gasteiger partial charge is 0.353 e. The molecule has 0 spiro atoms. The highest BCUT2D eigenvalue weighted by atomic mass is 32.2. The summed E-state index contributed by atoms with van der Waals surface area (Å²) in [6.45, 7) is 3.54. The van der Waals surface area contributed by atoms with Gasteiger partial charge in [0.2, 0.25) is 5.91 Å². The lowest BCUT2D eigenvalue weighted by Crippen LogP contribution is -2.32. The standard InChI is InChI=1S/C6H13NOS/c1-5(4-9-3)7-6(2)8/h5H,4H2,1-3H3,(H,7,8)/t5-/m1/s1. The minimum absolute atomic E-state index is 0.0524. The maximum Gasteiger partial charge on any atom is 0.217 e. The Hall–Kier alpha value is -0.180. The summed E-state index contributed by atoms with van der Waals surface area (Å²) in [6, 6.07) is 0.303. The number of carbonyl (C=O) groups is 1. The molecule has 0 saturated carbocycles. The van der Waals surface area contributed by atoms with Crippen molar-refractivity contribution in [1.82, 2.24) is 5.32 Å². The van der Waals surface area contributed by atoms with Crippen LogP contribution in [-0.4, -0.2) is 24.0 Å². The van der Waals surface area contributed by atoms with Gasteiger partial charge in [-0.3, -0.25) is 4.79 Å². The van der Waals surface area contributed by atoms with Gasteiger partial charge >= 0.3 is 0 Å². The zero-order chi connectivity index (χ0) is 7.28. The topological polar surface area (TPSA) is 29.1 Å². The summed E-state index contributed by atoms with van der Waals surface area (Å²) in [5.41, 5.74) is 0. The first-order valence-electron chi connectivity index (χ1n) is 2.93. The summed E-state index contributed by atoms with van der Waals surface area (Å²) < 4.78 is 0. The minimum Gasteiger partial charge on any atom is -0.353 e. The second-order valence-corrected chi connectivity index (χ2v) is 2.97. The molecule has 0 saturated heterocycles. The minimum atomic E-state index is 0.0524. The number of amides is 1. The van der Waals surface area contributed by atoms with E-state index >= 15 is 0 Å². The molecule has 0 radical (unpaired) electrons. The van der Waals surface area contributed by atoms with Crippen LogP contribution >= 0.6 is 11.8 Å². The first kappa shape index (κ1) is 8.82. The number of hydrogen-bond donors (Lipinski definition) is 1. The van der Waals surface area contributed by atoms with Gasteiger partial charge in [-0.05, 0) is 13.2 Å². The fourth-order valence-electron chi connectivity index (χ4n) is 0.639. The molecular weight excluding hydrogens is 134 g/mol. The number of nitrogens with one attached hydrogen (secondary N) is 1. The third-order valence-corrected chi connectivity index (χ3v) is 1.70. The number of carbonyl (C=O) groups excluding carboxylic acids is 1. The van der Waals surface area contributed by atoms with Crippen LogP contribution in [0.4, 0.5) is 0 Å². The Morgan fingerprint density at radius 1 is 1.78 bits per heavy atom. The highest BCUT2D eigenvalue weighted by Gasteiger charge is 1.99. The van der Waals surface area contributed by atoms with Crippen molar-refractivity contribution in [3.63, 3.8) is 0 Å². The summed E-state index contributed by atoms with van der Waals surface area (Å²) in [6.07, 6.45) is 2.03. The molecule has 0 aromatic carbocycles. The fraction of sp³-hybridized carbons (Fsp3) is 0.833. The van der Waals surface area contributed by atoms with Crippen molar-refractivity contribution in [2.75, 3.05) is 12.0 Å². The van der Waals surface area contributed by atoms with Crippen LogP contribution in [0.2, 0.25) is 0 Å². The van der Waals surface area contributed by atoms with Gasteiger partial charge in [-0.15, -0.1) is 0 Å². The predicted molar refractivity (Wildman–Crippen MR) is 41.7 cm³/mol. The normalized spacial score (nSPS) is 12.8. The molecule has 0 rings (SSSR count). The van der Waals surface area contributed by atoms with Crippen molar-refractivity contribution in [3.8, 4) is 0 Å². The zero-order valence-corrected chi connectivity index (χ0v) is 6.92. The smallest absolute Gasteiger partial charge is 0.217 e. The third-order valence-electron chi connectivity index (χ3n) is 0.866. The van der Waals surface area contributed by atoms with Crippen LogP contribution in [0.5, 0.6) is 0 Å². The van der Waals surface area contributed by atoms with Crippen LogP contribution in [-0.2, 0) is 4.79 Å². The monoisotopic (exact) mass is 147 g/mol. The van der Waals surface area contributed by atoms with E-state index in [1.807, 2.05) is 13.2 Å². The van der Waals surface area contributed by atoms with Gasteiger partial charge in [0.15, 0.2) is 0 Å². The molecule has 2 nitrogen and oxygen atoms in total. The molecule has 0 heterocycles. The number of hydrogen-bond acceptors (Lipinski definition) is 2. The molecule has 0 aliphatic rings. The molecule has 0 aliphatic carbocycles.